The lowest BCUT2D eigenvalue weighted by atomic mass is 9.97. The number of guanidine groups is 1. The third kappa shape index (κ3) is 8.69. The molecular weight excluding hydrogens is 529 g/mol. The maximum absolute atomic E-state index is 6.07. The quantitative estimate of drug-likeness (QED) is 0.278. The number of rotatable bonds is 8. The zero-order valence-electron chi connectivity index (χ0n) is 17.9. The summed E-state index contributed by atoms with van der Waals surface area (Å²) in [6.07, 6.45) is 3.34. The summed E-state index contributed by atoms with van der Waals surface area (Å²) in [4.78, 5) is 11.9. The Balaban J connectivity index is 0.00000320. The molecule has 0 amide bonds. The lowest BCUT2D eigenvalue weighted by Crippen LogP contribution is -2.39. The number of piperidine rings is 1. The van der Waals surface area contributed by atoms with E-state index >= 15 is 0 Å². The molecule has 2 heterocycles. The Morgan fingerprint density at radius 2 is 2.10 bits per heavy atom. The molecule has 1 fully saturated rings. The van der Waals surface area contributed by atoms with Crippen molar-refractivity contribution in [3.63, 3.8) is 0 Å². The molecule has 0 unspecified atom stereocenters. The van der Waals surface area contributed by atoms with Gasteiger partial charge in [-0.3, -0.25) is 9.89 Å². The van der Waals surface area contributed by atoms with E-state index in [1.807, 2.05) is 18.2 Å². The van der Waals surface area contributed by atoms with Gasteiger partial charge in [0.2, 0.25) is 0 Å². The molecule has 1 aliphatic rings. The van der Waals surface area contributed by atoms with Gasteiger partial charge >= 0.3 is 0 Å². The monoisotopic (exact) mass is 561 g/mol. The number of halogens is 2. The first-order chi connectivity index (χ1) is 14.1. The van der Waals surface area contributed by atoms with Crippen molar-refractivity contribution < 1.29 is 0 Å². The Morgan fingerprint density at radius 1 is 1.30 bits per heavy atom. The van der Waals surface area contributed by atoms with Crippen LogP contribution in [0.15, 0.2) is 34.6 Å². The first-order valence-electron chi connectivity index (χ1n) is 10.5. The molecule has 3 rings (SSSR count). The highest BCUT2D eigenvalue weighted by Gasteiger charge is 2.19. The van der Waals surface area contributed by atoms with Crippen LogP contribution in [0.25, 0.3) is 0 Å². The van der Waals surface area contributed by atoms with E-state index in [1.54, 1.807) is 11.3 Å². The molecule has 0 bridgehead atoms. The summed E-state index contributed by atoms with van der Waals surface area (Å²) in [5, 5.41) is 10.9. The summed E-state index contributed by atoms with van der Waals surface area (Å²) in [5.41, 5.74) is 2.45. The van der Waals surface area contributed by atoms with Crippen LogP contribution in [0.4, 0.5) is 0 Å². The third-order valence-electron chi connectivity index (χ3n) is 5.21. The molecule has 0 atom stereocenters. The molecule has 2 N–H and O–H groups in total. The number of aryl methyl sites for hydroxylation is 1. The van der Waals surface area contributed by atoms with Gasteiger partial charge in [-0.1, -0.05) is 23.7 Å². The second kappa shape index (κ2) is 13.5. The standard InChI is InChI=1S/C22H32ClN5S.HI/c1-3-24-22(25-10-7-18-5-4-6-20(23)13-18)26-14-19-8-11-28(12-9-19)15-21-16-29-17(2)27-21;/h4-6,13,16,19H,3,7-12,14-15H2,1-2H3,(H2,24,25,26);1H. The fourth-order valence-corrected chi connectivity index (χ4v) is 4.43. The molecule has 166 valence electrons. The minimum Gasteiger partial charge on any atom is -0.357 e. The molecular formula is C22H33ClIN5S. The number of likely N-dealkylation sites (tertiary alicyclic amines) is 1. The molecule has 0 aliphatic carbocycles. The number of thiazole rings is 1. The van der Waals surface area contributed by atoms with Gasteiger partial charge in [0.15, 0.2) is 5.96 Å². The molecule has 1 saturated heterocycles. The van der Waals surface area contributed by atoms with Crippen LogP contribution in [-0.4, -0.2) is 48.6 Å². The van der Waals surface area contributed by atoms with Gasteiger partial charge in [-0.25, -0.2) is 4.98 Å². The van der Waals surface area contributed by atoms with Crippen LogP contribution < -0.4 is 10.6 Å². The van der Waals surface area contributed by atoms with Gasteiger partial charge in [0, 0.05) is 36.6 Å². The van der Waals surface area contributed by atoms with Crippen molar-refractivity contribution in [1.82, 2.24) is 20.5 Å². The minimum atomic E-state index is 0. The van der Waals surface area contributed by atoms with E-state index in [9.17, 15) is 0 Å². The van der Waals surface area contributed by atoms with E-state index in [0.29, 0.717) is 5.92 Å². The first kappa shape index (κ1) is 25.4. The SMILES string of the molecule is CCNC(=NCC1CCN(Cc2csc(C)n2)CC1)NCCc1cccc(Cl)c1.I. The van der Waals surface area contributed by atoms with Gasteiger partial charge in [0.05, 0.1) is 10.7 Å². The number of nitrogens with one attached hydrogen (secondary N) is 2. The molecule has 0 saturated carbocycles. The third-order valence-corrected chi connectivity index (χ3v) is 6.26. The average Bonchev–Trinajstić information content (AvgIpc) is 3.12. The van der Waals surface area contributed by atoms with Crippen LogP contribution in [0.1, 0.15) is 36.0 Å². The fraction of sp³-hybridized carbons (Fsp3) is 0.545. The predicted molar refractivity (Wildman–Crippen MR) is 139 cm³/mol. The van der Waals surface area contributed by atoms with Gasteiger partial charge in [-0.05, 0) is 69.8 Å². The van der Waals surface area contributed by atoms with Crippen molar-refractivity contribution in [2.24, 2.45) is 10.9 Å². The maximum atomic E-state index is 6.07. The molecule has 0 spiro atoms. The normalized spacial score (nSPS) is 15.6. The number of aliphatic imine (C=N–C) groups is 1. The number of nitrogens with zero attached hydrogens (tertiary/aromatic N) is 3. The van der Waals surface area contributed by atoms with Crippen molar-refractivity contribution in [3.05, 3.63) is 50.9 Å². The number of hydrogen-bond donors (Lipinski definition) is 2. The molecule has 5 nitrogen and oxygen atoms in total. The smallest absolute Gasteiger partial charge is 0.191 e. The van der Waals surface area contributed by atoms with E-state index in [2.05, 4.69) is 45.8 Å². The van der Waals surface area contributed by atoms with Gasteiger partial charge in [0.25, 0.3) is 0 Å². The zero-order valence-corrected chi connectivity index (χ0v) is 21.8. The van der Waals surface area contributed by atoms with Gasteiger partial charge < -0.3 is 10.6 Å². The Labute approximate surface area is 206 Å². The Morgan fingerprint density at radius 3 is 2.77 bits per heavy atom. The summed E-state index contributed by atoms with van der Waals surface area (Å²) in [7, 11) is 0. The molecule has 1 aliphatic heterocycles. The van der Waals surface area contributed by atoms with Gasteiger partial charge in [-0.2, -0.15) is 0 Å². The molecule has 30 heavy (non-hydrogen) atoms. The second-order valence-electron chi connectivity index (χ2n) is 7.60. The van der Waals surface area contributed by atoms with Crippen molar-refractivity contribution in [3.8, 4) is 0 Å². The highest BCUT2D eigenvalue weighted by atomic mass is 127. The number of benzene rings is 1. The summed E-state index contributed by atoms with van der Waals surface area (Å²) in [6.45, 7) is 10.0. The van der Waals surface area contributed by atoms with E-state index in [-0.39, 0.29) is 24.0 Å². The summed E-state index contributed by atoms with van der Waals surface area (Å²) in [5.74, 6) is 1.57. The van der Waals surface area contributed by atoms with E-state index in [4.69, 9.17) is 16.6 Å². The molecule has 2 aromatic rings. The zero-order chi connectivity index (χ0) is 20.5. The minimum absolute atomic E-state index is 0. The highest BCUT2D eigenvalue weighted by Crippen LogP contribution is 2.20. The lowest BCUT2D eigenvalue weighted by Gasteiger charge is -2.30. The summed E-state index contributed by atoms with van der Waals surface area (Å²) >= 11 is 7.80. The van der Waals surface area contributed by atoms with Crippen LogP contribution >= 0.6 is 46.9 Å². The predicted octanol–water partition coefficient (Wildman–Crippen LogP) is 4.73. The van der Waals surface area contributed by atoms with E-state index < -0.39 is 0 Å². The summed E-state index contributed by atoms with van der Waals surface area (Å²) < 4.78 is 0. The lowest BCUT2D eigenvalue weighted by molar-refractivity contribution is 0.179. The number of hydrogen-bond acceptors (Lipinski definition) is 4. The molecule has 0 radical (unpaired) electrons. The van der Waals surface area contributed by atoms with Crippen molar-refractivity contribution in [2.75, 3.05) is 32.7 Å². The summed E-state index contributed by atoms with van der Waals surface area (Å²) in [6, 6.07) is 8.04. The molecule has 1 aromatic heterocycles. The fourth-order valence-electron chi connectivity index (χ4n) is 3.62. The average molecular weight is 562 g/mol. The Bertz CT molecular complexity index is 789. The van der Waals surface area contributed by atoms with Crippen LogP contribution in [0.2, 0.25) is 5.02 Å². The van der Waals surface area contributed by atoms with E-state index in [1.165, 1.54) is 24.1 Å². The van der Waals surface area contributed by atoms with Gasteiger partial charge in [-0.15, -0.1) is 35.3 Å². The van der Waals surface area contributed by atoms with Gasteiger partial charge in [0.1, 0.15) is 0 Å². The topological polar surface area (TPSA) is 52.6 Å². The largest absolute Gasteiger partial charge is 0.357 e. The molecule has 1 aromatic carbocycles. The van der Waals surface area contributed by atoms with Crippen LogP contribution in [0.3, 0.4) is 0 Å². The van der Waals surface area contributed by atoms with E-state index in [0.717, 1.165) is 61.7 Å². The van der Waals surface area contributed by atoms with Crippen LogP contribution in [-0.2, 0) is 13.0 Å². The van der Waals surface area contributed by atoms with Crippen molar-refractivity contribution in [2.45, 2.75) is 39.7 Å². The Hall–Kier alpha value is -0.900. The Kier molecular flexibility index (Phi) is 11.4. The molecule has 8 heteroatoms. The van der Waals surface area contributed by atoms with Crippen LogP contribution in [0, 0.1) is 12.8 Å². The van der Waals surface area contributed by atoms with Crippen molar-refractivity contribution >= 4 is 52.9 Å². The highest BCUT2D eigenvalue weighted by molar-refractivity contribution is 14.0. The maximum Gasteiger partial charge on any atom is 0.191 e. The van der Waals surface area contributed by atoms with Crippen LogP contribution in [0.5, 0.6) is 0 Å². The first-order valence-corrected chi connectivity index (χ1v) is 11.8. The number of aromatic nitrogens is 1. The van der Waals surface area contributed by atoms with Crippen molar-refractivity contribution in [1.29, 1.82) is 0 Å². The second-order valence-corrected chi connectivity index (χ2v) is 9.10.